The maximum absolute atomic E-state index is 12.6. The molecule has 2 fully saturated rings. The van der Waals surface area contributed by atoms with Gasteiger partial charge in [0.15, 0.2) is 0 Å². The van der Waals surface area contributed by atoms with Crippen molar-refractivity contribution in [1.82, 2.24) is 20.0 Å². The second kappa shape index (κ2) is 7.79. The summed E-state index contributed by atoms with van der Waals surface area (Å²) in [5.74, 6) is 1.56. The van der Waals surface area contributed by atoms with Gasteiger partial charge in [0.25, 0.3) is 0 Å². The quantitative estimate of drug-likeness (QED) is 0.870. The summed E-state index contributed by atoms with van der Waals surface area (Å²) in [5.41, 5.74) is 0. The number of nitrogens with zero attached hydrogens (tertiary/aromatic N) is 3. The summed E-state index contributed by atoms with van der Waals surface area (Å²) in [7, 11) is 0. The van der Waals surface area contributed by atoms with E-state index in [1.54, 1.807) is 0 Å². The number of halogens is 1. The van der Waals surface area contributed by atoms with E-state index < -0.39 is 0 Å². The number of nitrogens with one attached hydrogen (secondary N) is 1. The maximum Gasteiger partial charge on any atom is 0.222 e. The van der Waals surface area contributed by atoms with E-state index in [9.17, 15) is 4.79 Å². The second-order valence-corrected chi connectivity index (χ2v) is 7.94. The molecule has 3 heterocycles. The summed E-state index contributed by atoms with van der Waals surface area (Å²) in [6, 6.07) is 0.423. The van der Waals surface area contributed by atoms with Crippen molar-refractivity contribution in [3.05, 3.63) is 16.9 Å². The van der Waals surface area contributed by atoms with Crippen LogP contribution in [0, 0.1) is 11.8 Å². The third kappa shape index (κ3) is 4.35. The van der Waals surface area contributed by atoms with Gasteiger partial charge in [0.2, 0.25) is 5.91 Å². The van der Waals surface area contributed by atoms with Gasteiger partial charge in [0.1, 0.15) is 0 Å². The van der Waals surface area contributed by atoms with Crippen LogP contribution in [0.5, 0.6) is 0 Å². The van der Waals surface area contributed by atoms with E-state index in [0.29, 0.717) is 30.2 Å². The number of amides is 1. The van der Waals surface area contributed by atoms with Crippen molar-refractivity contribution in [2.45, 2.75) is 45.1 Å². The average Bonchev–Trinajstić information content (AvgIpc) is 3.02. The van der Waals surface area contributed by atoms with Crippen LogP contribution in [0.4, 0.5) is 0 Å². The Morgan fingerprint density at radius 2 is 2.04 bits per heavy atom. The molecule has 0 radical (unpaired) electrons. The standard InChI is InChI=1S/C17H27BrN4O/c1-13(14-2-6-19-7-3-14)10-17(23)21-8-4-16(5-9-21)22-12-15(18)11-20-22/h11-14,16,19H,2-10H2,1H3. The smallest absolute Gasteiger partial charge is 0.222 e. The zero-order valence-corrected chi connectivity index (χ0v) is 15.5. The predicted octanol–water partition coefficient (Wildman–Crippen LogP) is 2.83. The first-order chi connectivity index (χ1) is 11.1. The Morgan fingerprint density at radius 3 is 2.65 bits per heavy atom. The number of likely N-dealkylation sites (tertiary alicyclic amines) is 1. The van der Waals surface area contributed by atoms with Gasteiger partial charge in [-0.1, -0.05) is 6.92 Å². The average molecular weight is 383 g/mol. The van der Waals surface area contributed by atoms with E-state index in [2.05, 4.69) is 38.2 Å². The van der Waals surface area contributed by atoms with Crippen molar-refractivity contribution in [2.75, 3.05) is 26.2 Å². The Bertz CT molecular complexity index is 518. The molecule has 6 heteroatoms. The molecule has 0 aromatic carbocycles. The molecule has 1 aromatic heterocycles. The van der Waals surface area contributed by atoms with Crippen LogP contribution in [0.15, 0.2) is 16.9 Å². The molecule has 0 spiro atoms. The van der Waals surface area contributed by atoms with Crippen LogP contribution in [-0.2, 0) is 4.79 Å². The maximum atomic E-state index is 12.6. The molecular formula is C17H27BrN4O. The molecular weight excluding hydrogens is 356 g/mol. The normalized spacial score (nSPS) is 22.3. The Balaban J connectivity index is 1.46. The molecule has 1 unspecified atom stereocenters. The molecule has 2 aliphatic rings. The van der Waals surface area contributed by atoms with Crippen LogP contribution in [0.2, 0.25) is 0 Å². The number of hydrogen-bond acceptors (Lipinski definition) is 3. The molecule has 2 aliphatic heterocycles. The van der Waals surface area contributed by atoms with Crippen LogP contribution in [-0.4, -0.2) is 46.8 Å². The van der Waals surface area contributed by atoms with Gasteiger partial charge in [-0.15, -0.1) is 0 Å². The lowest BCUT2D eigenvalue weighted by Crippen LogP contribution is -2.40. The predicted molar refractivity (Wildman–Crippen MR) is 94.2 cm³/mol. The highest BCUT2D eigenvalue weighted by Crippen LogP contribution is 2.27. The van der Waals surface area contributed by atoms with Crippen molar-refractivity contribution < 1.29 is 4.79 Å². The first kappa shape index (κ1) is 17.0. The largest absolute Gasteiger partial charge is 0.343 e. The molecule has 23 heavy (non-hydrogen) atoms. The molecule has 1 atom stereocenters. The summed E-state index contributed by atoms with van der Waals surface area (Å²) in [4.78, 5) is 14.6. The molecule has 3 rings (SSSR count). The van der Waals surface area contributed by atoms with Gasteiger partial charge in [-0.05, 0) is 66.5 Å². The van der Waals surface area contributed by atoms with Crippen molar-refractivity contribution in [3.63, 3.8) is 0 Å². The molecule has 1 aromatic rings. The second-order valence-electron chi connectivity index (χ2n) is 7.02. The zero-order valence-electron chi connectivity index (χ0n) is 13.9. The van der Waals surface area contributed by atoms with Crippen LogP contribution < -0.4 is 5.32 Å². The minimum Gasteiger partial charge on any atom is -0.343 e. The van der Waals surface area contributed by atoms with Crippen LogP contribution in [0.25, 0.3) is 0 Å². The number of rotatable bonds is 4. The molecule has 0 aliphatic carbocycles. The lowest BCUT2D eigenvalue weighted by molar-refractivity contribution is -0.133. The lowest BCUT2D eigenvalue weighted by Gasteiger charge is -2.34. The van der Waals surface area contributed by atoms with Crippen molar-refractivity contribution in [1.29, 1.82) is 0 Å². The van der Waals surface area contributed by atoms with Gasteiger partial charge in [-0.3, -0.25) is 9.48 Å². The van der Waals surface area contributed by atoms with Gasteiger partial charge < -0.3 is 10.2 Å². The molecule has 2 saturated heterocycles. The highest BCUT2D eigenvalue weighted by atomic mass is 79.9. The van der Waals surface area contributed by atoms with Crippen molar-refractivity contribution in [2.24, 2.45) is 11.8 Å². The van der Waals surface area contributed by atoms with Gasteiger partial charge in [0, 0.05) is 25.7 Å². The van der Waals surface area contributed by atoms with Crippen molar-refractivity contribution >= 4 is 21.8 Å². The molecule has 1 amide bonds. The summed E-state index contributed by atoms with van der Waals surface area (Å²) in [5, 5.41) is 7.78. The molecule has 0 saturated carbocycles. The number of carbonyl (C=O) groups is 1. The van der Waals surface area contributed by atoms with E-state index in [1.807, 2.05) is 17.1 Å². The Hall–Kier alpha value is -0.880. The third-order valence-corrected chi connectivity index (χ3v) is 5.86. The molecule has 0 bridgehead atoms. The Kier molecular flexibility index (Phi) is 5.75. The van der Waals surface area contributed by atoms with E-state index >= 15 is 0 Å². The minimum absolute atomic E-state index is 0.344. The Morgan fingerprint density at radius 1 is 1.35 bits per heavy atom. The van der Waals surface area contributed by atoms with Gasteiger partial charge in [0.05, 0.1) is 16.7 Å². The lowest BCUT2D eigenvalue weighted by atomic mass is 9.84. The first-order valence-corrected chi connectivity index (χ1v) is 9.61. The highest BCUT2D eigenvalue weighted by molar-refractivity contribution is 9.10. The van der Waals surface area contributed by atoms with Gasteiger partial charge in [-0.2, -0.15) is 5.10 Å². The monoisotopic (exact) mass is 382 g/mol. The van der Waals surface area contributed by atoms with E-state index in [0.717, 1.165) is 43.5 Å². The van der Waals surface area contributed by atoms with Crippen LogP contribution in [0.3, 0.4) is 0 Å². The fraction of sp³-hybridized carbons (Fsp3) is 0.765. The summed E-state index contributed by atoms with van der Waals surface area (Å²) >= 11 is 3.45. The number of aromatic nitrogens is 2. The van der Waals surface area contributed by atoms with E-state index in [1.165, 1.54) is 12.8 Å². The fourth-order valence-electron chi connectivity index (χ4n) is 3.88. The summed E-state index contributed by atoms with van der Waals surface area (Å²) in [6.45, 7) is 6.18. The van der Waals surface area contributed by atoms with Crippen molar-refractivity contribution in [3.8, 4) is 0 Å². The first-order valence-electron chi connectivity index (χ1n) is 8.81. The fourth-order valence-corrected chi connectivity index (χ4v) is 4.18. The molecule has 128 valence electrons. The van der Waals surface area contributed by atoms with Crippen LogP contribution >= 0.6 is 15.9 Å². The number of piperidine rings is 2. The third-order valence-electron chi connectivity index (χ3n) is 5.45. The number of carbonyl (C=O) groups excluding carboxylic acids is 1. The highest BCUT2D eigenvalue weighted by Gasteiger charge is 2.27. The summed E-state index contributed by atoms with van der Waals surface area (Å²) in [6.07, 6.45) is 9.00. The van der Waals surface area contributed by atoms with E-state index in [-0.39, 0.29) is 0 Å². The minimum atomic E-state index is 0.344. The van der Waals surface area contributed by atoms with E-state index in [4.69, 9.17) is 0 Å². The SMILES string of the molecule is CC(CC(=O)N1CCC(n2cc(Br)cn2)CC1)C1CCNCC1. The zero-order chi connectivity index (χ0) is 16.2. The van der Waals surface area contributed by atoms with Crippen LogP contribution in [0.1, 0.15) is 45.1 Å². The van der Waals surface area contributed by atoms with Gasteiger partial charge >= 0.3 is 0 Å². The number of hydrogen-bond donors (Lipinski definition) is 1. The molecule has 1 N–H and O–H groups in total. The Labute approximate surface area is 146 Å². The topological polar surface area (TPSA) is 50.2 Å². The van der Waals surface area contributed by atoms with Gasteiger partial charge in [-0.25, -0.2) is 0 Å². The molecule has 5 nitrogen and oxygen atoms in total. The summed E-state index contributed by atoms with van der Waals surface area (Å²) < 4.78 is 3.05.